The molecule has 0 saturated heterocycles. The van der Waals surface area contributed by atoms with Crippen LogP contribution in [0, 0.1) is 11.6 Å². The van der Waals surface area contributed by atoms with Crippen molar-refractivity contribution in [1.82, 2.24) is 21.3 Å². The number of amides is 2. The van der Waals surface area contributed by atoms with E-state index in [1.807, 2.05) is 25.1 Å². The van der Waals surface area contributed by atoms with E-state index in [0.717, 1.165) is 12.1 Å². The van der Waals surface area contributed by atoms with Crippen LogP contribution in [-0.2, 0) is 16.0 Å². The molecule has 0 radical (unpaired) electrons. The van der Waals surface area contributed by atoms with E-state index in [0.29, 0.717) is 73.9 Å². The Kier molecular flexibility index (Phi) is 13.1. The summed E-state index contributed by atoms with van der Waals surface area (Å²) < 4.78 is 38.4. The summed E-state index contributed by atoms with van der Waals surface area (Å²) >= 11 is 0. The van der Waals surface area contributed by atoms with Gasteiger partial charge in [-0.05, 0) is 73.7 Å². The van der Waals surface area contributed by atoms with Gasteiger partial charge in [-0.3, -0.25) is 19.9 Å². The molecule has 4 aromatic rings. The average Bonchev–Trinajstić information content (AvgIpc) is 3.13. The van der Waals surface area contributed by atoms with Gasteiger partial charge in [0.15, 0.2) is 0 Å². The number of guanidine groups is 2. The second-order valence-corrected chi connectivity index (χ2v) is 11.7. The summed E-state index contributed by atoms with van der Waals surface area (Å²) in [7, 11) is 0. The normalized spacial score (nSPS) is 15.9. The van der Waals surface area contributed by atoms with E-state index < -0.39 is 23.3 Å². The minimum absolute atomic E-state index is 0.0946. The van der Waals surface area contributed by atoms with E-state index in [1.54, 1.807) is 60.7 Å². The van der Waals surface area contributed by atoms with Gasteiger partial charge in [0.25, 0.3) is 11.8 Å². The smallest absolute Gasteiger partial charge is 0.251 e. The topological polar surface area (TPSA) is 170 Å². The van der Waals surface area contributed by atoms with E-state index in [4.69, 9.17) is 14.5 Å². The van der Waals surface area contributed by atoms with Crippen molar-refractivity contribution < 1.29 is 33.0 Å². The van der Waals surface area contributed by atoms with Crippen molar-refractivity contribution in [2.75, 3.05) is 50.2 Å². The fourth-order valence-corrected chi connectivity index (χ4v) is 4.93. The highest BCUT2D eigenvalue weighted by atomic mass is 19.1. The fraction of sp³-hybridized carbons (Fsp3) is 0.243. The molecule has 1 heterocycles. The molecule has 52 heavy (non-hydrogen) atoms. The number of carbonyl (C=O) groups excluding carboxylic acids is 2. The summed E-state index contributed by atoms with van der Waals surface area (Å²) in [6.07, 6.45) is 0. The predicted molar refractivity (Wildman–Crippen MR) is 194 cm³/mol. The van der Waals surface area contributed by atoms with Crippen molar-refractivity contribution in [3.05, 3.63) is 125 Å². The third kappa shape index (κ3) is 11.5. The number of phenols is 1. The first-order chi connectivity index (χ1) is 25.2. The Morgan fingerprint density at radius 1 is 0.827 bits per heavy atom. The van der Waals surface area contributed by atoms with Crippen molar-refractivity contribution in [3.8, 4) is 5.75 Å². The molecule has 0 bridgehead atoms. The van der Waals surface area contributed by atoms with E-state index in [-0.39, 0.29) is 23.8 Å². The predicted octanol–water partition coefficient (Wildman–Crippen LogP) is 4.17. The van der Waals surface area contributed by atoms with Gasteiger partial charge in [-0.1, -0.05) is 24.3 Å². The maximum absolute atomic E-state index is 14.0. The van der Waals surface area contributed by atoms with Gasteiger partial charge in [0.2, 0.25) is 17.7 Å². The van der Waals surface area contributed by atoms with Gasteiger partial charge >= 0.3 is 0 Å². The first-order valence-corrected chi connectivity index (χ1v) is 16.5. The van der Waals surface area contributed by atoms with Crippen LogP contribution < -0.4 is 31.9 Å². The summed E-state index contributed by atoms with van der Waals surface area (Å²) in [5.74, 6) is -2.18. The summed E-state index contributed by atoms with van der Waals surface area (Å²) in [5.41, 5.74) is 2.41. The Balaban J connectivity index is 1.11. The first kappa shape index (κ1) is 37.2. The quantitative estimate of drug-likeness (QED) is 0.0666. The zero-order valence-corrected chi connectivity index (χ0v) is 28.4. The zero-order valence-electron chi connectivity index (χ0n) is 28.4. The number of ether oxygens (including phenoxy) is 2. The van der Waals surface area contributed by atoms with Crippen LogP contribution in [0.5, 0.6) is 5.75 Å². The minimum Gasteiger partial charge on any atom is -0.508 e. The lowest BCUT2D eigenvalue weighted by Gasteiger charge is -2.35. The van der Waals surface area contributed by atoms with Gasteiger partial charge in [-0.25, -0.2) is 13.8 Å². The Morgan fingerprint density at radius 3 is 2.23 bits per heavy atom. The molecule has 0 spiro atoms. The molecule has 0 aliphatic carbocycles. The molecule has 5 rings (SSSR count). The molecule has 272 valence electrons. The molecule has 0 saturated carbocycles. The fourth-order valence-electron chi connectivity index (χ4n) is 4.93. The summed E-state index contributed by atoms with van der Waals surface area (Å²) in [6, 6.07) is 25.3. The molecule has 15 heteroatoms. The molecule has 1 unspecified atom stereocenters. The Morgan fingerprint density at radius 2 is 1.50 bits per heavy atom. The van der Waals surface area contributed by atoms with Crippen LogP contribution in [0.15, 0.2) is 107 Å². The highest BCUT2D eigenvalue weighted by Crippen LogP contribution is 2.20. The first-order valence-electron chi connectivity index (χ1n) is 16.5. The van der Waals surface area contributed by atoms with Crippen molar-refractivity contribution >= 4 is 35.1 Å². The molecule has 1 atom stereocenters. The summed E-state index contributed by atoms with van der Waals surface area (Å²) in [6.45, 7) is 3.80. The van der Waals surface area contributed by atoms with Crippen LogP contribution in [0.3, 0.4) is 0 Å². The number of aliphatic imine (C=N–C) groups is 2. The molecule has 4 aromatic carbocycles. The van der Waals surface area contributed by atoms with Gasteiger partial charge < -0.3 is 41.2 Å². The van der Waals surface area contributed by atoms with Gasteiger partial charge in [-0.2, -0.15) is 0 Å². The number of anilines is 2. The van der Waals surface area contributed by atoms with Crippen molar-refractivity contribution in [1.29, 1.82) is 0 Å². The average molecular weight is 715 g/mol. The lowest BCUT2D eigenvalue weighted by atomic mass is 10.1. The monoisotopic (exact) mass is 714 g/mol. The van der Waals surface area contributed by atoms with E-state index >= 15 is 0 Å². The van der Waals surface area contributed by atoms with E-state index in [2.05, 4.69) is 36.9 Å². The maximum atomic E-state index is 14.0. The number of nitrogens with one attached hydrogen (secondary N) is 6. The van der Waals surface area contributed by atoms with Crippen LogP contribution in [0.2, 0.25) is 0 Å². The van der Waals surface area contributed by atoms with E-state index in [1.165, 1.54) is 6.07 Å². The minimum atomic E-state index is -1.07. The summed E-state index contributed by atoms with van der Waals surface area (Å²) in [5, 5.41) is 28.0. The molecule has 0 fully saturated rings. The van der Waals surface area contributed by atoms with Crippen LogP contribution in [0.25, 0.3) is 0 Å². The van der Waals surface area contributed by atoms with E-state index in [9.17, 15) is 23.5 Å². The van der Waals surface area contributed by atoms with Crippen molar-refractivity contribution in [2.45, 2.75) is 19.3 Å². The zero-order chi connectivity index (χ0) is 36.8. The number of benzene rings is 4. The van der Waals surface area contributed by atoms with Crippen LogP contribution in [0.1, 0.15) is 33.2 Å². The number of hydrogen-bond donors (Lipinski definition) is 7. The second-order valence-electron chi connectivity index (χ2n) is 11.7. The highest BCUT2D eigenvalue weighted by molar-refractivity contribution is 6.07. The molecule has 13 nitrogen and oxygen atoms in total. The molecule has 1 aliphatic rings. The maximum Gasteiger partial charge on any atom is 0.251 e. The second kappa shape index (κ2) is 18.3. The number of nitrogens with zero attached hydrogens (tertiary/aromatic N) is 2. The van der Waals surface area contributed by atoms with Crippen LogP contribution in [0.4, 0.5) is 20.2 Å². The number of phenolic OH excluding ortho intramolecular Hbond substituents is 1. The van der Waals surface area contributed by atoms with Crippen molar-refractivity contribution in [2.24, 2.45) is 9.98 Å². The van der Waals surface area contributed by atoms with Crippen LogP contribution >= 0.6 is 0 Å². The van der Waals surface area contributed by atoms with Gasteiger partial charge in [-0.15, -0.1) is 0 Å². The Hall–Kier alpha value is -6.06. The molecule has 1 aliphatic heterocycles. The SMILES string of the molecule is CC1(Nc2ccc(O)cc2)N=C(Nc2ccc(C(=O)NCc3ccc(F)cc3F)cc2)NC(=NCCOCCOCCNC(=O)c2ccccc2)N1. The van der Waals surface area contributed by atoms with Gasteiger partial charge in [0, 0.05) is 47.2 Å². The molecule has 2 amide bonds. The number of rotatable bonds is 16. The van der Waals surface area contributed by atoms with Gasteiger partial charge in [0.05, 0.1) is 33.0 Å². The molecular formula is C37H40F2N8O5. The third-order valence-electron chi connectivity index (χ3n) is 7.50. The molecule has 7 N–H and O–H groups in total. The lowest BCUT2D eigenvalue weighted by Crippen LogP contribution is -2.62. The number of hydrogen-bond acceptors (Lipinski definition) is 9. The summed E-state index contributed by atoms with van der Waals surface area (Å²) in [4.78, 5) is 34.1. The van der Waals surface area contributed by atoms with Crippen molar-refractivity contribution in [3.63, 3.8) is 0 Å². The van der Waals surface area contributed by atoms with Gasteiger partial charge in [0.1, 0.15) is 17.4 Å². The highest BCUT2D eigenvalue weighted by Gasteiger charge is 2.30. The third-order valence-corrected chi connectivity index (χ3v) is 7.50. The largest absolute Gasteiger partial charge is 0.508 e. The Labute approximate surface area is 299 Å². The Bertz CT molecular complexity index is 1860. The number of halogens is 2. The number of aromatic hydroxyl groups is 1. The molecular weight excluding hydrogens is 674 g/mol. The standard InChI is InChI=1S/C37H40F2N8O5/c1-37(45-30-13-15-31(48)16-14-30)46-35(41-18-20-52-22-21-51-19-17-40-33(49)25-5-3-2-4-6-25)44-36(47-37)43-29-11-8-26(9-12-29)34(50)42-24-27-7-10-28(38)23-32(27)39/h2-16,23,45,48H,17-22,24H2,1H3,(H,40,49)(H,42,50)(H3,41,43,44,46,47). The number of carbonyl (C=O) groups is 2. The molecule has 0 aromatic heterocycles. The lowest BCUT2D eigenvalue weighted by molar-refractivity contribution is 0.0512. The van der Waals surface area contributed by atoms with Crippen LogP contribution in [-0.4, -0.2) is 74.1 Å².